The van der Waals surface area contributed by atoms with E-state index in [1.54, 1.807) is 24.0 Å². The van der Waals surface area contributed by atoms with Gasteiger partial charge in [0.05, 0.1) is 15.7 Å². The van der Waals surface area contributed by atoms with Crippen molar-refractivity contribution in [2.24, 2.45) is 7.05 Å². The van der Waals surface area contributed by atoms with Crippen LogP contribution in [0.1, 0.15) is 5.69 Å². The van der Waals surface area contributed by atoms with E-state index in [2.05, 4.69) is 5.10 Å². The van der Waals surface area contributed by atoms with Crippen LogP contribution in [0.15, 0.2) is 35.4 Å². The fourth-order valence-electron chi connectivity index (χ4n) is 1.76. The number of sulfone groups is 1. The summed E-state index contributed by atoms with van der Waals surface area (Å²) in [6.45, 7) is 0. The molecule has 2 aromatic rings. The molecule has 0 unspecified atom stereocenters. The average Bonchev–Trinajstić information content (AvgIpc) is 2.72. The first-order valence-corrected chi connectivity index (χ1v) is 7.68. The summed E-state index contributed by atoms with van der Waals surface area (Å²) in [5.41, 5.74) is 6.85. The van der Waals surface area contributed by atoms with Gasteiger partial charge in [-0.15, -0.1) is 0 Å². The van der Waals surface area contributed by atoms with Crippen molar-refractivity contribution in [2.75, 3.05) is 11.5 Å². The fraction of sp³-hybridized carbons (Fsp3) is 0.250. The highest BCUT2D eigenvalue weighted by atomic mass is 35.5. The maximum absolute atomic E-state index is 12.2. The molecule has 0 saturated heterocycles. The molecule has 1 aromatic heterocycles. The van der Waals surface area contributed by atoms with Crippen molar-refractivity contribution in [1.82, 2.24) is 9.78 Å². The molecule has 2 rings (SSSR count). The van der Waals surface area contributed by atoms with Gasteiger partial charge in [-0.2, -0.15) is 5.10 Å². The third kappa shape index (κ3) is 3.08. The van der Waals surface area contributed by atoms with Crippen molar-refractivity contribution >= 4 is 27.1 Å². The van der Waals surface area contributed by atoms with Gasteiger partial charge in [-0.05, 0) is 24.3 Å². The van der Waals surface area contributed by atoms with E-state index in [0.717, 1.165) is 5.69 Å². The van der Waals surface area contributed by atoms with Gasteiger partial charge in [0.2, 0.25) is 0 Å². The molecule has 102 valence electrons. The summed E-state index contributed by atoms with van der Waals surface area (Å²) in [5.74, 6) is -0.0177. The summed E-state index contributed by atoms with van der Waals surface area (Å²) >= 11 is 5.93. The van der Waals surface area contributed by atoms with Gasteiger partial charge in [-0.25, -0.2) is 8.42 Å². The Labute approximate surface area is 116 Å². The highest BCUT2D eigenvalue weighted by Crippen LogP contribution is 2.25. The Morgan fingerprint density at radius 1 is 1.37 bits per heavy atom. The zero-order valence-electron chi connectivity index (χ0n) is 10.4. The molecule has 2 N–H and O–H groups in total. The van der Waals surface area contributed by atoms with Crippen LogP contribution >= 0.6 is 11.6 Å². The first-order chi connectivity index (χ1) is 8.90. The van der Waals surface area contributed by atoms with Crippen molar-refractivity contribution in [3.63, 3.8) is 0 Å². The third-order valence-corrected chi connectivity index (χ3v) is 5.03. The van der Waals surface area contributed by atoms with E-state index in [-0.39, 0.29) is 15.7 Å². The molecule has 0 bridgehead atoms. The van der Waals surface area contributed by atoms with Gasteiger partial charge in [0.15, 0.2) is 9.84 Å². The predicted octanol–water partition coefficient (Wildman–Crippen LogP) is 1.67. The maximum Gasteiger partial charge on any atom is 0.180 e. The second-order valence-electron chi connectivity index (χ2n) is 4.20. The molecule has 5 nitrogen and oxygen atoms in total. The number of nitrogen functional groups attached to an aromatic ring is 1. The monoisotopic (exact) mass is 299 g/mol. The highest BCUT2D eigenvalue weighted by molar-refractivity contribution is 7.91. The highest BCUT2D eigenvalue weighted by Gasteiger charge is 2.18. The number of nitrogens with two attached hydrogens (primary N) is 1. The first kappa shape index (κ1) is 13.9. The predicted molar refractivity (Wildman–Crippen MR) is 74.8 cm³/mol. The third-order valence-electron chi connectivity index (χ3n) is 2.84. The minimum absolute atomic E-state index is 0.0177. The number of halogens is 1. The molecule has 0 aliphatic carbocycles. The smallest absolute Gasteiger partial charge is 0.180 e. The SMILES string of the molecule is Cn1nccc1CCS(=O)(=O)c1ccc(N)cc1Cl. The van der Waals surface area contributed by atoms with Crippen LogP contribution in [0.4, 0.5) is 5.69 Å². The molecule has 0 saturated carbocycles. The molecule has 1 heterocycles. The topological polar surface area (TPSA) is 78.0 Å². The quantitative estimate of drug-likeness (QED) is 0.871. The summed E-state index contributed by atoms with van der Waals surface area (Å²) in [7, 11) is -1.65. The standard InChI is InChI=1S/C12H14ClN3O2S/c1-16-10(4-6-15-16)5-7-19(17,18)12-3-2-9(14)8-11(12)13/h2-4,6,8H,5,7,14H2,1H3. The molecule has 0 spiro atoms. The van der Waals surface area contributed by atoms with Crippen LogP contribution in [0.3, 0.4) is 0 Å². The Kier molecular flexibility index (Phi) is 3.82. The normalized spacial score (nSPS) is 11.7. The molecule has 1 aromatic carbocycles. The molecule has 0 fully saturated rings. The van der Waals surface area contributed by atoms with Crippen LogP contribution in [-0.4, -0.2) is 24.0 Å². The molecule has 0 aliphatic rings. The summed E-state index contributed by atoms with van der Waals surface area (Å²) in [6, 6.07) is 6.21. The van der Waals surface area contributed by atoms with Crippen molar-refractivity contribution in [1.29, 1.82) is 0 Å². The minimum Gasteiger partial charge on any atom is -0.399 e. The Balaban J connectivity index is 2.21. The number of nitrogens with zero attached hydrogens (tertiary/aromatic N) is 2. The Morgan fingerprint density at radius 2 is 2.11 bits per heavy atom. The maximum atomic E-state index is 12.2. The Bertz CT molecular complexity index is 695. The number of benzene rings is 1. The van der Waals surface area contributed by atoms with E-state index in [1.807, 2.05) is 0 Å². The summed E-state index contributed by atoms with van der Waals surface area (Å²) in [4.78, 5) is 0.116. The number of hydrogen-bond donors (Lipinski definition) is 1. The van der Waals surface area contributed by atoms with E-state index >= 15 is 0 Å². The number of aryl methyl sites for hydroxylation is 2. The number of anilines is 1. The van der Waals surface area contributed by atoms with Crippen LogP contribution in [0, 0.1) is 0 Å². The van der Waals surface area contributed by atoms with E-state index in [0.29, 0.717) is 12.1 Å². The number of rotatable bonds is 4. The molecule has 19 heavy (non-hydrogen) atoms. The largest absolute Gasteiger partial charge is 0.399 e. The molecular formula is C12H14ClN3O2S. The van der Waals surface area contributed by atoms with Crippen molar-refractivity contribution in [3.05, 3.63) is 41.2 Å². The van der Waals surface area contributed by atoms with Gasteiger partial charge in [-0.3, -0.25) is 4.68 Å². The van der Waals surface area contributed by atoms with Gasteiger partial charge >= 0.3 is 0 Å². The van der Waals surface area contributed by atoms with Crippen LogP contribution < -0.4 is 5.73 Å². The zero-order valence-corrected chi connectivity index (χ0v) is 11.9. The van der Waals surface area contributed by atoms with Gasteiger partial charge in [0.1, 0.15) is 0 Å². The summed E-state index contributed by atoms with van der Waals surface area (Å²) in [5, 5.41) is 4.16. The second-order valence-corrected chi connectivity index (χ2v) is 6.69. The lowest BCUT2D eigenvalue weighted by Crippen LogP contribution is -2.12. The Hall–Kier alpha value is -1.53. The van der Waals surface area contributed by atoms with Gasteiger partial charge in [0, 0.05) is 31.0 Å². The molecule has 0 atom stereocenters. The minimum atomic E-state index is -3.43. The number of hydrogen-bond acceptors (Lipinski definition) is 4. The van der Waals surface area contributed by atoms with Gasteiger partial charge < -0.3 is 5.73 Å². The van der Waals surface area contributed by atoms with E-state index in [9.17, 15) is 8.42 Å². The van der Waals surface area contributed by atoms with Crippen LogP contribution in [-0.2, 0) is 23.3 Å². The van der Waals surface area contributed by atoms with E-state index in [1.165, 1.54) is 18.2 Å². The Morgan fingerprint density at radius 3 is 2.68 bits per heavy atom. The van der Waals surface area contributed by atoms with Crippen LogP contribution in [0.2, 0.25) is 5.02 Å². The van der Waals surface area contributed by atoms with Gasteiger partial charge in [0.25, 0.3) is 0 Å². The molecule has 0 radical (unpaired) electrons. The van der Waals surface area contributed by atoms with Crippen molar-refractivity contribution in [2.45, 2.75) is 11.3 Å². The lowest BCUT2D eigenvalue weighted by atomic mass is 10.3. The summed E-state index contributed by atoms with van der Waals surface area (Å²) in [6.07, 6.45) is 2.03. The van der Waals surface area contributed by atoms with E-state index in [4.69, 9.17) is 17.3 Å². The average molecular weight is 300 g/mol. The zero-order chi connectivity index (χ0) is 14.0. The van der Waals surface area contributed by atoms with Gasteiger partial charge in [-0.1, -0.05) is 11.6 Å². The van der Waals surface area contributed by atoms with Crippen LogP contribution in [0.25, 0.3) is 0 Å². The number of aromatic nitrogens is 2. The van der Waals surface area contributed by atoms with Crippen LogP contribution in [0.5, 0.6) is 0 Å². The fourth-order valence-corrected chi connectivity index (χ4v) is 3.64. The molecule has 7 heteroatoms. The van der Waals surface area contributed by atoms with Crippen molar-refractivity contribution in [3.8, 4) is 0 Å². The van der Waals surface area contributed by atoms with Crippen molar-refractivity contribution < 1.29 is 8.42 Å². The van der Waals surface area contributed by atoms with E-state index < -0.39 is 9.84 Å². The summed E-state index contributed by atoms with van der Waals surface area (Å²) < 4.78 is 26.1. The lowest BCUT2D eigenvalue weighted by Gasteiger charge is -2.07. The molecule has 0 amide bonds. The molecular weight excluding hydrogens is 286 g/mol. The second kappa shape index (κ2) is 5.22. The molecule has 0 aliphatic heterocycles. The lowest BCUT2D eigenvalue weighted by molar-refractivity contribution is 0.593. The first-order valence-electron chi connectivity index (χ1n) is 5.65.